The molecule has 1 aliphatic carbocycles. The highest BCUT2D eigenvalue weighted by molar-refractivity contribution is 5.96. The maximum Gasteiger partial charge on any atom is 0.272 e. The first-order valence-electron chi connectivity index (χ1n) is 8.63. The number of hydrogen-bond acceptors (Lipinski definition) is 3. The largest absolute Gasteiger partial charge is 0.370 e. The van der Waals surface area contributed by atoms with E-state index in [0.29, 0.717) is 11.7 Å². The van der Waals surface area contributed by atoms with E-state index in [2.05, 4.69) is 5.43 Å². The molecule has 1 aromatic carbocycles. The summed E-state index contributed by atoms with van der Waals surface area (Å²) in [7, 11) is 0. The third-order valence-corrected chi connectivity index (χ3v) is 4.74. The summed E-state index contributed by atoms with van der Waals surface area (Å²) < 4.78 is 5.50. The molecule has 2 amide bonds. The first-order valence-corrected chi connectivity index (χ1v) is 8.63. The number of aryl methyl sites for hydroxylation is 1. The maximum atomic E-state index is 12.9. The second-order valence-corrected chi connectivity index (χ2v) is 7.88. The molecule has 24 heavy (non-hydrogen) atoms. The second kappa shape index (κ2) is 6.20. The maximum absolute atomic E-state index is 12.9. The van der Waals surface area contributed by atoms with Crippen LogP contribution in [0, 0.1) is 12.8 Å². The number of carbonyl (C=O) groups is 2. The lowest BCUT2D eigenvalue weighted by atomic mass is 9.89. The molecular formula is C19H26N2O3. The molecule has 2 fully saturated rings. The van der Waals surface area contributed by atoms with Crippen LogP contribution in [0.1, 0.15) is 56.0 Å². The van der Waals surface area contributed by atoms with Gasteiger partial charge in [0, 0.05) is 11.5 Å². The van der Waals surface area contributed by atoms with Crippen molar-refractivity contribution >= 4 is 11.8 Å². The zero-order valence-corrected chi connectivity index (χ0v) is 14.8. The van der Waals surface area contributed by atoms with Gasteiger partial charge in [-0.3, -0.25) is 15.0 Å². The Kier molecular flexibility index (Phi) is 4.38. The van der Waals surface area contributed by atoms with Crippen molar-refractivity contribution in [2.24, 2.45) is 5.92 Å². The lowest BCUT2D eigenvalue weighted by molar-refractivity contribution is -0.131. The standard InChI is InChI=1S/C19H26N2O3/c1-12-6-5-7-14(10-12)18(23)21(19(2,3)4)20-17(22)13-8-9-15-16(11-13)24-15/h5-7,10,13,15-16H,8-9,11H2,1-4H3,(H,20,22). The average molecular weight is 330 g/mol. The van der Waals surface area contributed by atoms with Crippen LogP contribution in [-0.4, -0.2) is 34.6 Å². The van der Waals surface area contributed by atoms with E-state index in [1.54, 1.807) is 6.07 Å². The fraction of sp³-hybridized carbons (Fsp3) is 0.579. The van der Waals surface area contributed by atoms with Crippen LogP contribution in [0.15, 0.2) is 24.3 Å². The minimum absolute atomic E-state index is 0.0797. The average Bonchev–Trinajstić information content (AvgIpc) is 3.29. The Morgan fingerprint density at radius 2 is 1.96 bits per heavy atom. The molecule has 1 aliphatic heterocycles. The van der Waals surface area contributed by atoms with Crippen LogP contribution in [0.3, 0.4) is 0 Å². The van der Waals surface area contributed by atoms with Crippen LogP contribution in [-0.2, 0) is 9.53 Å². The highest BCUT2D eigenvalue weighted by Crippen LogP contribution is 2.39. The SMILES string of the molecule is Cc1cccc(C(=O)N(NC(=O)C2CCC3OC3C2)C(C)(C)C)c1. The zero-order chi connectivity index (χ0) is 17.5. The van der Waals surface area contributed by atoms with Gasteiger partial charge >= 0.3 is 0 Å². The van der Waals surface area contributed by atoms with E-state index in [0.717, 1.165) is 24.8 Å². The summed E-state index contributed by atoms with van der Waals surface area (Å²) >= 11 is 0. The van der Waals surface area contributed by atoms with Crippen LogP contribution in [0.2, 0.25) is 0 Å². The smallest absolute Gasteiger partial charge is 0.272 e. The van der Waals surface area contributed by atoms with Gasteiger partial charge in [-0.1, -0.05) is 17.7 Å². The Labute approximate surface area is 143 Å². The van der Waals surface area contributed by atoms with E-state index < -0.39 is 5.54 Å². The number of hydrogen-bond donors (Lipinski definition) is 1. The number of fused-ring (bicyclic) bond motifs is 1. The molecule has 1 N–H and O–H groups in total. The van der Waals surface area contributed by atoms with E-state index in [9.17, 15) is 9.59 Å². The number of rotatable bonds is 2. The quantitative estimate of drug-likeness (QED) is 0.670. The molecule has 3 unspecified atom stereocenters. The summed E-state index contributed by atoms with van der Waals surface area (Å²) in [5.41, 5.74) is 3.96. The van der Waals surface area contributed by atoms with Crippen molar-refractivity contribution < 1.29 is 14.3 Å². The molecule has 0 bridgehead atoms. The first-order chi connectivity index (χ1) is 11.3. The van der Waals surface area contributed by atoms with Gasteiger partial charge in [0.05, 0.1) is 17.7 Å². The molecule has 0 spiro atoms. The first kappa shape index (κ1) is 17.0. The summed E-state index contributed by atoms with van der Waals surface area (Å²) in [6.45, 7) is 7.70. The van der Waals surface area contributed by atoms with Crippen LogP contribution in [0.4, 0.5) is 0 Å². The highest BCUT2D eigenvalue weighted by Gasteiger charge is 2.46. The van der Waals surface area contributed by atoms with Gasteiger partial charge in [-0.15, -0.1) is 0 Å². The number of ether oxygens (including phenoxy) is 1. The van der Waals surface area contributed by atoms with E-state index in [-0.39, 0.29) is 23.8 Å². The minimum atomic E-state index is -0.510. The van der Waals surface area contributed by atoms with Crippen molar-refractivity contribution in [1.82, 2.24) is 10.4 Å². The van der Waals surface area contributed by atoms with Gasteiger partial charge in [-0.2, -0.15) is 0 Å². The fourth-order valence-electron chi connectivity index (χ4n) is 3.27. The lowest BCUT2D eigenvalue weighted by Crippen LogP contribution is -2.57. The van der Waals surface area contributed by atoms with Crippen molar-refractivity contribution in [3.63, 3.8) is 0 Å². The van der Waals surface area contributed by atoms with Crippen molar-refractivity contribution in [3.05, 3.63) is 35.4 Å². The van der Waals surface area contributed by atoms with E-state index >= 15 is 0 Å². The molecule has 1 heterocycles. The molecule has 130 valence electrons. The topological polar surface area (TPSA) is 61.9 Å². The molecule has 1 saturated carbocycles. The number of nitrogens with zero attached hydrogens (tertiary/aromatic N) is 1. The Morgan fingerprint density at radius 1 is 1.21 bits per heavy atom. The molecule has 0 radical (unpaired) electrons. The molecule has 2 aliphatic rings. The summed E-state index contributed by atoms with van der Waals surface area (Å²) in [4.78, 5) is 25.6. The van der Waals surface area contributed by atoms with E-state index in [1.165, 1.54) is 5.01 Å². The van der Waals surface area contributed by atoms with Gasteiger partial charge in [0.25, 0.3) is 5.91 Å². The minimum Gasteiger partial charge on any atom is -0.370 e. The lowest BCUT2D eigenvalue weighted by Gasteiger charge is -2.36. The Morgan fingerprint density at radius 3 is 2.58 bits per heavy atom. The third-order valence-electron chi connectivity index (χ3n) is 4.74. The number of amides is 2. The highest BCUT2D eigenvalue weighted by atomic mass is 16.6. The molecule has 3 rings (SSSR count). The zero-order valence-electron chi connectivity index (χ0n) is 14.8. The Hall–Kier alpha value is -1.88. The monoisotopic (exact) mass is 330 g/mol. The molecule has 0 aromatic heterocycles. The van der Waals surface area contributed by atoms with Crippen LogP contribution >= 0.6 is 0 Å². The van der Waals surface area contributed by atoms with Crippen molar-refractivity contribution in [2.45, 2.75) is 64.7 Å². The van der Waals surface area contributed by atoms with E-state index in [1.807, 2.05) is 45.9 Å². The van der Waals surface area contributed by atoms with Crippen molar-refractivity contribution in [2.75, 3.05) is 0 Å². The molecule has 1 aromatic rings. The Bertz CT molecular complexity index is 650. The summed E-state index contributed by atoms with van der Waals surface area (Å²) in [5.74, 6) is -0.348. The summed E-state index contributed by atoms with van der Waals surface area (Å²) in [6, 6.07) is 7.43. The number of hydrazine groups is 1. The molecular weight excluding hydrogens is 304 g/mol. The predicted octanol–water partition coefficient (Wildman–Crippen LogP) is 2.83. The molecule has 1 saturated heterocycles. The third kappa shape index (κ3) is 3.61. The predicted molar refractivity (Wildman–Crippen MR) is 91.2 cm³/mol. The van der Waals surface area contributed by atoms with Crippen LogP contribution in [0.5, 0.6) is 0 Å². The molecule has 5 nitrogen and oxygen atoms in total. The van der Waals surface area contributed by atoms with Gasteiger partial charge in [-0.25, -0.2) is 5.01 Å². The Balaban J connectivity index is 1.74. The van der Waals surface area contributed by atoms with Gasteiger partial charge in [-0.05, 0) is 59.1 Å². The van der Waals surface area contributed by atoms with Gasteiger partial charge in [0.15, 0.2) is 0 Å². The number of benzene rings is 1. The second-order valence-electron chi connectivity index (χ2n) is 7.88. The molecule has 5 heteroatoms. The molecule has 3 atom stereocenters. The van der Waals surface area contributed by atoms with Crippen LogP contribution in [0.25, 0.3) is 0 Å². The van der Waals surface area contributed by atoms with Gasteiger partial charge < -0.3 is 4.74 Å². The van der Waals surface area contributed by atoms with E-state index in [4.69, 9.17) is 4.74 Å². The number of epoxide rings is 1. The number of nitrogens with one attached hydrogen (secondary N) is 1. The van der Waals surface area contributed by atoms with Gasteiger partial charge in [0.1, 0.15) is 0 Å². The van der Waals surface area contributed by atoms with Gasteiger partial charge in [0.2, 0.25) is 5.91 Å². The van der Waals surface area contributed by atoms with Crippen molar-refractivity contribution in [3.8, 4) is 0 Å². The van der Waals surface area contributed by atoms with Crippen LogP contribution < -0.4 is 5.43 Å². The normalized spacial score (nSPS) is 25.6. The van der Waals surface area contributed by atoms with Crippen molar-refractivity contribution in [1.29, 1.82) is 0 Å². The summed E-state index contributed by atoms with van der Waals surface area (Å²) in [6.07, 6.45) is 3.12. The fourth-order valence-corrected chi connectivity index (χ4v) is 3.27. The number of carbonyl (C=O) groups excluding carboxylic acids is 2. The summed E-state index contributed by atoms with van der Waals surface area (Å²) in [5, 5.41) is 1.46.